The molecule has 0 radical (unpaired) electrons. The summed E-state index contributed by atoms with van der Waals surface area (Å²) in [6.07, 6.45) is 10.1. The Balaban J connectivity index is 1.78. The standard InChI is InChI=1S/C14H25NO2/c1-2-14(16)15-10-5-6-11-17-12-9-13-7-3-4-8-13/h2,13H,1,3-12H2,(H,15,16). The summed E-state index contributed by atoms with van der Waals surface area (Å²) < 4.78 is 5.60. The molecule has 0 aliphatic heterocycles. The molecular formula is C14H25NO2. The summed E-state index contributed by atoms with van der Waals surface area (Å²) in [5.74, 6) is 0.828. The van der Waals surface area contributed by atoms with Gasteiger partial charge in [-0.1, -0.05) is 32.3 Å². The molecule has 3 nitrogen and oxygen atoms in total. The van der Waals surface area contributed by atoms with Crippen LogP contribution in [0.15, 0.2) is 12.7 Å². The van der Waals surface area contributed by atoms with Crippen molar-refractivity contribution in [2.24, 2.45) is 5.92 Å². The summed E-state index contributed by atoms with van der Waals surface area (Å²) in [5, 5.41) is 2.76. The first-order chi connectivity index (χ1) is 8.33. The van der Waals surface area contributed by atoms with Crippen molar-refractivity contribution >= 4 is 5.91 Å². The number of carbonyl (C=O) groups is 1. The first-order valence-electron chi connectivity index (χ1n) is 6.81. The van der Waals surface area contributed by atoms with E-state index in [1.807, 2.05) is 0 Å². The van der Waals surface area contributed by atoms with Crippen molar-refractivity contribution in [1.82, 2.24) is 5.32 Å². The summed E-state index contributed by atoms with van der Waals surface area (Å²) in [6.45, 7) is 5.84. The molecule has 0 aromatic rings. The molecule has 1 aliphatic carbocycles. The van der Waals surface area contributed by atoms with Gasteiger partial charge >= 0.3 is 0 Å². The van der Waals surface area contributed by atoms with Crippen LogP contribution in [-0.2, 0) is 9.53 Å². The zero-order valence-electron chi connectivity index (χ0n) is 10.7. The van der Waals surface area contributed by atoms with Gasteiger partial charge in [0.2, 0.25) is 5.91 Å². The molecule has 98 valence electrons. The van der Waals surface area contributed by atoms with E-state index in [4.69, 9.17) is 4.74 Å². The van der Waals surface area contributed by atoms with Gasteiger partial charge in [-0.2, -0.15) is 0 Å². The van der Waals surface area contributed by atoms with Crippen LogP contribution in [-0.4, -0.2) is 25.7 Å². The third-order valence-electron chi connectivity index (χ3n) is 3.35. The Hall–Kier alpha value is -0.830. The molecule has 0 heterocycles. The fourth-order valence-corrected chi connectivity index (χ4v) is 2.26. The summed E-state index contributed by atoms with van der Waals surface area (Å²) in [6, 6.07) is 0. The molecule has 17 heavy (non-hydrogen) atoms. The van der Waals surface area contributed by atoms with Gasteiger partial charge in [-0.3, -0.25) is 4.79 Å². The second-order valence-electron chi connectivity index (χ2n) is 4.75. The van der Waals surface area contributed by atoms with Gasteiger partial charge in [-0.15, -0.1) is 0 Å². The zero-order chi connectivity index (χ0) is 12.3. The fourth-order valence-electron chi connectivity index (χ4n) is 2.26. The maximum atomic E-state index is 10.8. The lowest BCUT2D eigenvalue weighted by Crippen LogP contribution is -2.22. The van der Waals surface area contributed by atoms with Crippen molar-refractivity contribution in [3.63, 3.8) is 0 Å². The van der Waals surface area contributed by atoms with Crippen LogP contribution in [0.25, 0.3) is 0 Å². The second kappa shape index (κ2) is 9.23. The summed E-state index contributed by atoms with van der Waals surface area (Å²) in [4.78, 5) is 10.8. The Morgan fingerprint density at radius 1 is 1.29 bits per heavy atom. The molecule has 0 bridgehead atoms. The van der Waals surface area contributed by atoms with E-state index >= 15 is 0 Å². The van der Waals surface area contributed by atoms with Crippen LogP contribution >= 0.6 is 0 Å². The molecule has 0 aromatic carbocycles. The lowest BCUT2D eigenvalue weighted by molar-refractivity contribution is -0.116. The van der Waals surface area contributed by atoms with E-state index in [-0.39, 0.29) is 5.91 Å². The van der Waals surface area contributed by atoms with E-state index in [9.17, 15) is 4.79 Å². The van der Waals surface area contributed by atoms with Crippen LogP contribution in [0.4, 0.5) is 0 Å². The van der Waals surface area contributed by atoms with Gasteiger partial charge in [0.15, 0.2) is 0 Å². The van der Waals surface area contributed by atoms with Crippen molar-refractivity contribution in [1.29, 1.82) is 0 Å². The van der Waals surface area contributed by atoms with Crippen LogP contribution in [0.2, 0.25) is 0 Å². The van der Waals surface area contributed by atoms with E-state index in [2.05, 4.69) is 11.9 Å². The quantitative estimate of drug-likeness (QED) is 0.496. The van der Waals surface area contributed by atoms with Crippen LogP contribution in [0.1, 0.15) is 44.9 Å². The molecule has 0 spiro atoms. The van der Waals surface area contributed by atoms with Crippen molar-refractivity contribution in [3.05, 3.63) is 12.7 Å². The van der Waals surface area contributed by atoms with Crippen LogP contribution in [0, 0.1) is 5.92 Å². The van der Waals surface area contributed by atoms with Crippen molar-refractivity contribution in [3.8, 4) is 0 Å². The van der Waals surface area contributed by atoms with E-state index < -0.39 is 0 Å². The highest BCUT2D eigenvalue weighted by molar-refractivity contribution is 5.86. The molecule has 1 rings (SSSR count). The molecule has 0 aromatic heterocycles. The fraction of sp³-hybridized carbons (Fsp3) is 0.786. The highest BCUT2D eigenvalue weighted by Gasteiger charge is 2.13. The topological polar surface area (TPSA) is 38.3 Å². The third kappa shape index (κ3) is 7.16. The van der Waals surface area contributed by atoms with Crippen LogP contribution in [0.3, 0.4) is 0 Å². The molecule has 1 aliphatic rings. The molecule has 1 N–H and O–H groups in total. The summed E-state index contributed by atoms with van der Waals surface area (Å²) in [7, 11) is 0. The summed E-state index contributed by atoms with van der Waals surface area (Å²) >= 11 is 0. The molecule has 1 saturated carbocycles. The zero-order valence-corrected chi connectivity index (χ0v) is 10.7. The van der Waals surface area contributed by atoms with Crippen molar-refractivity contribution < 1.29 is 9.53 Å². The van der Waals surface area contributed by atoms with E-state index in [1.54, 1.807) is 0 Å². The van der Waals surface area contributed by atoms with E-state index in [1.165, 1.54) is 38.2 Å². The number of ether oxygens (including phenoxy) is 1. The SMILES string of the molecule is C=CC(=O)NCCCCOCCC1CCCC1. The second-order valence-corrected chi connectivity index (χ2v) is 4.75. The van der Waals surface area contributed by atoms with Gasteiger partial charge in [0.1, 0.15) is 0 Å². The Kier molecular flexibility index (Phi) is 7.72. The lowest BCUT2D eigenvalue weighted by atomic mass is 10.1. The highest BCUT2D eigenvalue weighted by Crippen LogP contribution is 2.27. The molecule has 1 fully saturated rings. The van der Waals surface area contributed by atoms with E-state index in [0.717, 1.165) is 38.5 Å². The predicted molar refractivity (Wildman–Crippen MR) is 69.8 cm³/mol. The molecule has 1 amide bonds. The van der Waals surface area contributed by atoms with Gasteiger partial charge in [0.25, 0.3) is 0 Å². The first kappa shape index (κ1) is 14.2. The molecule has 0 saturated heterocycles. The average Bonchev–Trinajstić information content (AvgIpc) is 2.85. The maximum absolute atomic E-state index is 10.8. The van der Waals surface area contributed by atoms with Gasteiger partial charge in [0.05, 0.1) is 0 Å². The third-order valence-corrected chi connectivity index (χ3v) is 3.35. The predicted octanol–water partition coefficient (Wildman–Crippen LogP) is 2.67. The number of hydrogen-bond donors (Lipinski definition) is 1. The Labute approximate surface area is 105 Å². The van der Waals surface area contributed by atoms with Crippen molar-refractivity contribution in [2.75, 3.05) is 19.8 Å². The van der Waals surface area contributed by atoms with E-state index in [0.29, 0.717) is 0 Å². The maximum Gasteiger partial charge on any atom is 0.243 e. The number of carbonyl (C=O) groups excluding carboxylic acids is 1. The largest absolute Gasteiger partial charge is 0.381 e. The number of rotatable bonds is 9. The number of unbranched alkanes of at least 4 members (excludes halogenated alkanes) is 1. The lowest BCUT2D eigenvalue weighted by Gasteiger charge is -2.09. The monoisotopic (exact) mass is 239 g/mol. The Morgan fingerprint density at radius 2 is 2.06 bits per heavy atom. The van der Waals surface area contributed by atoms with Gasteiger partial charge < -0.3 is 10.1 Å². The Bertz CT molecular complexity index is 222. The molecule has 0 unspecified atom stereocenters. The van der Waals surface area contributed by atoms with Gasteiger partial charge in [0, 0.05) is 19.8 Å². The molecular weight excluding hydrogens is 214 g/mol. The number of hydrogen-bond acceptors (Lipinski definition) is 2. The smallest absolute Gasteiger partial charge is 0.243 e. The minimum atomic E-state index is -0.0906. The van der Waals surface area contributed by atoms with Crippen molar-refractivity contribution in [2.45, 2.75) is 44.9 Å². The highest BCUT2D eigenvalue weighted by atomic mass is 16.5. The van der Waals surface area contributed by atoms with Gasteiger partial charge in [-0.05, 0) is 31.3 Å². The van der Waals surface area contributed by atoms with Crippen LogP contribution < -0.4 is 5.32 Å². The normalized spacial score (nSPS) is 16.0. The summed E-state index contributed by atoms with van der Waals surface area (Å²) in [5.41, 5.74) is 0. The minimum Gasteiger partial charge on any atom is -0.381 e. The molecule has 3 heteroatoms. The van der Waals surface area contributed by atoms with Gasteiger partial charge in [-0.25, -0.2) is 0 Å². The molecule has 0 atom stereocenters. The average molecular weight is 239 g/mol. The minimum absolute atomic E-state index is 0.0906. The number of amides is 1. The Morgan fingerprint density at radius 3 is 2.76 bits per heavy atom. The van der Waals surface area contributed by atoms with Crippen LogP contribution in [0.5, 0.6) is 0 Å². The number of nitrogens with one attached hydrogen (secondary N) is 1. The first-order valence-corrected chi connectivity index (χ1v) is 6.81.